The highest BCUT2D eigenvalue weighted by Gasteiger charge is 2.21. The zero-order valence-corrected chi connectivity index (χ0v) is 10.9. The molecule has 0 heterocycles. The van der Waals surface area contributed by atoms with E-state index in [1.807, 2.05) is 36.4 Å². The number of hydrogen-bond donors (Lipinski definition) is 3. The molecule has 2 rings (SSSR count). The molecule has 4 heteroatoms. The molecular weight excluding hydrogens is 254 g/mol. The monoisotopic (exact) mass is 271 g/mol. The Balaban J connectivity index is 2.05. The molecule has 0 fully saturated rings. The van der Waals surface area contributed by atoms with Crippen molar-refractivity contribution in [3.05, 3.63) is 71.8 Å². The number of rotatable bonds is 6. The van der Waals surface area contributed by atoms with E-state index in [2.05, 4.69) is 5.32 Å². The lowest BCUT2D eigenvalue weighted by molar-refractivity contribution is -0.140. The van der Waals surface area contributed by atoms with E-state index in [1.54, 1.807) is 24.3 Å². The van der Waals surface area contributed by atoms with E-state index in [-0.39, 0.29) is 0 Å². The summed E-state index contributed by atoms with van der Waals surface area (Å²) in [5.74, 6) is -0.983. The summed E-state index contributed by atoms with van der Waals surface area (Å²) in [6.45, 7) is 0. The van der Waals surface area contributed by atoms with E-state index in [0.717, 1.165) is 5.56 Å². The van der Waals surface area contributed by atoms with Gasteiger partial charge >= 0.3 is 5.97 Å². The van der Waals surface area contributed by atoms with Gasteiger partial charge in [0.25, 0.3) is 0 Å². The number of carbonyl (C=O) groups is 1. The minimum absolute atomic E-state index is 0.320. The highest BCUT2D eigenvalue weighted by atomic mass is 16.4. The number of aliphatic hydroxyl groups is 1. The standard InChI is InChI=1S/C16H17NO3/c18-15(13-9-5-2-6-10-13)17-14(16(19)20)11-12-7-3-1-4-8-12/h1-10,14-15,17-18H,11H2,(H,19,20)/t14-,15?/m0/s1. The van der Waals surface area contributed by atoms with Crippen LogP contribution in [0, 0.1) is 0 Å². The lowest BCUT2D eigenvalue weighted by atomic mass is 10.1. The number of carboxylic acid groups (broad SMARTS) is 1. The lowest BCUT2D eigenvalue weighted by Gasteiger charge is -2.19. The quantitative estimate of drug-likeness (QED) is 0.702. The van der Waals surface area contributed by atoms with Crippen LogP contribution in [0.2, 0.25) is 0 Å². The van der Waals surface area contributed by atoms with Crippen molar-refractivity contribution >= 4 is 5.97 Å². The Bertz CT molecular complexity index is 542. The fraction of sp³-hybridized carbons (Fsp3) is 0.188. The van der Waals surface area contributed by atoms with E-state index >= 15 is 0 Å². The Labute approximate surface area is 117 Å². The molecule has 0 aliphatic rings. The number of hydrogen-bond acceptors (Lipinski definition) is 3. The van der Waals surface area contributed by atoms with Gasteiger partial charge in [0, 0.05) is 0 Å². The number of benzene rings is 2. The van der Waals surface area contributed by atoms with Gasteiger partial charge in [-0.1, -0.05) is 60.7 Å². The van der Waals surface area contributed by atoms with Gasteiger partial charge in [-0.25, -0.2) is 0 Å². The van der Waals surface area contributed by atoms with Crippen LogP contribution in [0.4, 0.5) is 0 Å². The highest BCUT2D eigenvalue weighted by molar-refractivity contribution is 5.74. The molecule has 0 saturated carbocycles. The van der Waals surface area contributed by atoms with Crippen molar-refractivity contribution in [3.8, 4) is 0 Å². The maximum absolute atomic E-state index is 11.3. The van der Waals surface area contributed by atoms with Crippen LogP contribution in [0.25, 0.3) is 0 Å². The van der Waals surface area contributed by atoms with Gasteiger partial charge in [-0.05, 0) is 17.5 Å². The van der Waals surface area contributed by atoms with Crippen molar-refractivity contribution < 1.29 is 15.0 Å². The number of aliphatic carboxylic acids is 1. The number of nitrogens with one attached hydrogen (secondary N) is 1. The molecule has 0 radical (unpaired) electrons. The first-order valence-corrected chi connectivity index (χ1v) is 6.42. The molecule has 2 aromatic carbocycles. The molecule has 0 aliphatic heterocycles. The number of aliphatic hydroxyl groups excluding tert-OH is 1. The van der Waals surface area contributed by atoms with E-state index in [9.17, 15) is 15.0 Å². The SMILES string of the molecule is O=C(O)[C@H](Cc1ccccc1)NC(O)c1ccccc1. The van der Waals surface area contributed by atoms with Crippen LogP contribution in [0.3, 0.4) is 0 Å². The van der Waals surface area contributed by atoms with Crippen LogP contribution < -0.4 is 5.32 Å². The van der Waals surface area contributed by atoms with Crippen LogP contribution in [0.15, 0.2) is 60.7 Å². The molecule has 0 aromatic heterocycles. The zero-order chi connectivity index (χ0) is 14.4. The first kappa shape index (κ1) is 14.2. The van der Waals surface area contributed by atoms with Gasteiger partial charge in [-0.2, -0.15) is 0 Å². The second kappa shape index (κ2) is 6.84. The zero-order valence-electron chi connectivity index (χ0n) is 10.9. The molecule has 0 aliphatic carbocycles. The third-order valence-electron chi connectivity index (χ3n) is 3.06. The van der Waals surface area contributed by atoms with E-state index < -0.39 is 18.2 Å². The summed E-state index contributed by atoms with van der Waals surface area (Å²) in [4.78, 5) is 11.3. The third-order valence-corrected chi connectivity index (χ3v) is 3.06. The van der Waals surface area contributed by atoms with Crippen molar-refractivity contribution in [3.63, 3.8) is 0 Å². The van der Waals surface area contributed by atoms with Crippen molar-refractivity contribution in [1.29, 1.82) is 0 Å². The maximum Gasteiger partial charge on any atom is 0.321 e. The van der Waals surface area contributed by atoms with E-state index in [4.69, 9.17) is 0 Å². The fourth-order valence-corrected chi connectivity index (χ4v) is 1.99. The molecule has 1 unspecified atom stereocenters. The summed E-state index contributed by atoms with van der Waals surface area (Å²) in [5.41, 5.74) is 1.56. The van der Waals surface area contributed by atoms with Crippen LogP contribution in [-0.2, 0) is 11.2 Å². The topological polar surface area (TPSA) is 69.6 Å². The highest BCUT2D eigenvalue weighted by Crippen LogP contribution is 2.12. The molecule has 3 N–H and O–H groups in total. The van der Waals surface area contributed by atoms with Gasteiger partial charge in [0.05, 0.1) is 0 Å². The average Bonchev–Trinajstić information content (AvgIpc) is 2.48. The van der Waals surface area contributed by atoms with Gasteiger partial charge < -0.3 is 10.2 Å². The molecule has 20 heavy (non-hydrogen) atoms. The smallest absolute Gasteiger partial charge is 0.321 e. The molecule has 0 bridgehead atoms. The average molecular weight is 271 g/mol. The summed E-state index contributed by atoms with van der Waals surface area (Å²) < 4.78 is 0. The van der Waals surface area contributed by atoms with Crippen molar-refractivity contribution in [2.24, 2.45) is 0 Å². The summed E-state index contributed by atoms with van der Waals surface area (Å²) in [6, 6.07) is 17.4. The summed E-state index contributed by atoms with van der Waals surface area (Å²) in [5, 5.41) is 22.0. The predicted molar refractivity (Wildman–Crippen MR) is 76.1 cm³/mol. The largest absolute Gasteiger partial charge is 0.480 e. The molecule has 2 aromatic rings. The molecular formula is C16H17NO3. The summed E-state index contributed by atoms with van der Waals surface area (Å²) >= 11 is 0. The molecule has 4 nitrogen and oxygen atoms in total. The molecule has 104 valence electrons. The van der Waals surface area contributed by atoms with Crippen LogP contribution in [-0.4, -0.2) is 22.2 Å². The summed E-state index contributed by atoms with van der Waals surface area (Å²) in [6.07, 6.45) is -0.680. The van der Waals surface area contributed by atoms with Crippen LogP contribution in [0.5, 0.6) is 0 Å². The second-order valence-corrected chi connectivity index (χ2v) is 4.56. The predicted octanol–water partition coefficient (Wildman–Crippen LogP) is 1.96. The first-order valence-electron chi connectivity index (χ1n) is 6.42. The fourth-order valence-electron chi connectivity index (χ4n) is 1.99. The Kier molecular flexibility index (Phi) is 4.87. The minimum atomic E-state index is -0.999. The number of carboxylic acids is 1. The van der Waals surface area contributed by atoms with Crippen molar-refractivity contribution in [2.45, 2.75) is 18.7 Å². The Morgan fingerprint density at radius 2 is 1.55 bits per heavy atom. The summed E-state index contributed by atoms with van der Waals surface area (Å²) in [7, 11) is 0. The van der Waals surface area contributed by atoms with E-state index in [1.165, 1.54) is 0 Å². The van der Waals surface area contributed by atoms with Gasteiger partial charge in [0.1, 0.15) is 12.3 Å². The van der Waals surface area contributed by atoms with Gasteiger partial charge in [0.2, 0.25) is 0 Å². The van der Waals surface area contributed by atoms with Crippen LogP contribution >= 0.6 is 0 Å². The molecule has 0 saturated heterocycles. The molecule has 0 spiro atoms. The van der Waals surface area contributed by atoms with Crippen molar-refractivity contribution in [1.82, 2.24) is 5.32 Å². The third kappa shape index (κ3) is 3.91. The normalized spacial score (nSPS) is 13.7. The molecule has 2 atom stereocenters. The minimum Gasteiger partial charge on any atom is -0.480 e. The Morgan fingerprint density at radius 1 is 1.00 bits per heavy atom. The maximum atomic E-state index is 11.3. The van der Waals surface area contributed by atoms with Crippen LogP contribution in [0.1, 0.15) is 17.4 Å². The molecule has 0 amide bonds. The van der Waals surface area contributed by atoms with Crippen molar-refractivity contribution in [2.75, 3.05) is 0 Å². The Morgan fingerprint density at radius 3 is 2.10 bits per heavy atom. The lowest BCUT2D eigenvalue weighted by Crippen LogP contribution is -2.40. The second-order valence-electron chi connectivity index (χ2n) is 4.56. The van der Waals surface area contributed by atoms with Gasteiger partial charge in [-0.15, -0.1) is 0 Å². The van der Waals surface area contributed by atoms with Gasteiger partial charge in [-0.3, -0.25) is 10.1 Å². The Hall–Kier alpha value is -2.17. The van der Waals surface area contributed by atoms with E-state index in [0.29, 0.717) is 12.0 Å². The van der Waals surface area contributed by atoms with Gasteiger partial charge in [0.15, 0.2) is 0 Å². The first-order chi connectivity index (χ1) is 9.66.